The lowest BCUT2D eigenvalue weighted by atomic mass is 9.99. The van der Waals surface area contributed by atoms with E-state index < -0.39 is 0 Å². The second-order valence-electron chi connectivity index (χ2n) is 10.8. The van der Waals surface area contributed by atoms with Crippen LogP contribution in [-0.2, 0) is 0 Å². The second-order valence-corrected chi connectivity index (χ2v) is 10.8. The second kappa shape index (κ2) is 8.60. The van der Waals surface area contributed by atoms with E-state index in [0.29, 0.717) is 11.3 Å². The van der Waals surface area contributed by atoms with Crippen LogP contribution in [0.25, 0.3) is 87.3 Å². The third kappa shape index (κ3) is 3.31. The van der Waals surface area contributed by atoms with Crippen molar-refractivity contribution in [3.8, 4) is 22.9 Å². The molecule has 9 aromatic rings. The first-order chi connectivity index (χ1) is 21.2. The van der Waals surface area contributed by atoms with Gasteiger partial charge in [-0.25, -0.2) is 4.85 Å². The summed E-state index contributed by atoms with van der Waals surface area (Å²) in [7, 11) is 0. The van der Waals surface area contributed by atoms with Gasteiger partial charge in [-0.3, -0.25) is 0 Å². The summed E-state index contributed by atoms with van der Waals surface area (Å²) in [5, 5.41) is 16.0. The van der Waals surface area contributed by atoms with Gasteiger partial charge in [0, 0.05) is 37.9 Å². The van der Waals surface area contributed by atoms with E-state index in [1.165, 1.54) is 10.8 Å². The van der Waals surface area contributed by atoms with Crippen LogP contribution in [0.3, 0.4) is 0 Å². The van der Waals surface area contributed by atoms with Gasteiger partial charge in [-0.1, -0.05) is 54.6 Å². The molecule has 43 heavy (non-hydrogen) atoms. The average Bonchev–Trinajstić information content (AvgIpc) is 3.71. The Bertz CT molecular complexity index is 2650. The number of rotatable bonds is 2. The number of fused-ring (bicyclic) bond motifs is 9. The highest BCUT2D eigenvalue weighted by molar-refractivity contribution is 6.16. The van der Waals surface area contributed by atoms with E-state index in [1.54, 1.807) is 6.07 Å². The number of nitrogens with zero attached hydrogens (tertiary/aromatic N) is 3. The fourth-order valence-electron chi connectivity index (χ4n) is 6.48. The molecule has 0 bridgehead atoms. The van der Waals surface area contributed by atoms with Gasteiger partial charge in [-0.05, 0) is 66.2 Å². The minimum Gasteiger partial charge on any atom is -0.456 e. The van der Waals surface area contributed by atoms with Gasteiger partial charge in [0.25, 0.3) is 0 Å². The first-order valence-corrected chi connectivity index (χ1v) is 13.9. The van der Waals surface area contributed by atoms with Gasteiger partial charge in [-0.2, -0.15) is 5.26 Å². The molecule has 0 spiro atoms. The maximum absolute atomic E-state index is 9.85. The first-order valence-electron chi connectivity index (χ1n) is 13.9. The number of nitriles is 1. The van der Waals surface area contributed by atoms with Crippen molar-refractivity contribution < 1.29 is 8.83 Å². The van der Waals surface area contributed by atoms with Crippen LogP contribution < -0.4 is 0 Å². The molecule has 6 aromatic carbocycles. The minimum absolute atomic E-state index is 0.575. The lowest BCUT2D eigenvalue weighted by molar-refractivity contribution is 0.664. The lowest BCUT2D eigenvalue weighted by Crippen LogP contribution is -1.98. The van der Waals surface area contributed by atoms with E-state index in [1.807, 2.05) is 48.5 Å². The van der Waals surface area contributed by atoms with Crippen molar-refractivity contribution in [1.29, 1.82) is 5.26 Å². The highest BCUT2D eigenvalue weighted by Gasteiger charge is 2.18. The fourth-order valence-corrected chi connectivity index (χ4v) is 6.48. The molecule has 0 aliphatic rings. The molecule has 0 atom stereocenters. The van der Waals surface area contributed by atoms with Crippen LogP contribution in [0, 0.1) is 17.9 Å². The van der Waals surface area contributed by atoms with Gasteiger partial charge in [0.05, 0.1) is 34.9 Å². The SMILES string of the molecule is [C-]#[N+]c1ccc2oc3cc4c(cc3c2c1)oc1ccc(-c2ccc(C#N)cc2-n2c3ccccc3c3ccccc32)cc14. The topological polar surface area (TPSA) is 59.4 Å². The number of para-hydroxylation sites is 2. The molecule has 198 valence electrons. The molecular formula is C38H19N3O2. The van der Waals surface area contributed by atoms with Gasteiger partial charge < -0.3 is 13.4 Å². The molecule has 9 rings (SSSR count). The van der Waals surface area contributed by atoms with Crippen LogP contribution in [0.15, 0.2) is 124 Å². The molecule has 3 heterocycles. The predicted molar refractivity (Wildman–Crippen MR) is 172 cm³/mol. The zero-order valence-corrected chi connectivity index (χ0v) is 22.6. The van der Waals surface area contributed by atoms with Gasteiger partial charge in [0.1, 0.15) is 22.3 Å². The fraction of sp³-hybridized carbons (Fsp3) is 0. The summed E-state index contributed by atoms with van der Waals surface area (Å²) in [5.41, 5.74) is 9.36. The number of hydrogen-bond donors (Lipinski definition) is 0. The molecule has 0 amide bonds. The van der Waals surface area contributed by atoms with Crippen LogP contribution in [0.1, 0.15) is 5.56 Å². The molecule has 0 saturated carbocycles. The molecule has 0 saturated heterocycles. The summed E-state index contributed by atoms with van der Waals surface area (Å²) in [5.74, 6) is 0. The molecule has 0 aliphatic heterocycles. The van der Waals surface area contributed by atoms with Crippen LogP contribution in [0.4, 0.5) is 5.69 Å². The largest absolute Gasteiger partial charge is 0.456 e. The molecule has 3 aromatic heterocycles. The highest BCUT2D eigenvalue weighted by atomic mass is 16.3. The molecule has 5 nitrogen and oxygen atoms in total. The van der Waals surface area contributed by atoms with Crippen molar-refractivity contribution in [3.63, 3.8) is 0 Å². The number of hydrogen-bond acceptors (Lipinski definition) is 3. The molecule has 0 unspecified atom stereocenters. The van der Waals surface area contributed by atoms with E-state index in [9.17, 15) is 5.26 Å². The standard InChI is InChI=1S/C38H19N3O2/c1-40-24-12-15-36-29(18-24)31-20-37-30(19-38(31)43-36)28-17-23(11-14-35(28)42-37)25-13-10-22(21-39)16-34(25)41-32-8-4-2-6-26(32)27-7-3-5-9-33(27)41/h2-20H. The Kier molecular flexibility index (Phi) is 4.68. The monoisotopic (exact) mass is 549 g/mol. The third-order valence-corrected chi connectivity index (χ3v) is 8.43. The van der Waals surface area contributed by atoms with Gasteiger partial charge in [0.2, 0.25) is 0 Å². The van der Waals surface area contributed by atoms with Crippen molar-refractivity contribution in [1.82, 2.24) is 4.57 Å². The Morgan fingerprint density at radius 1 is 0.581 bits per heavy atom. The summed E-state index contributed by atoms with van der Waals surface area (Å²) in [6, 6.07) is 40.8. The van der Waals surface area contributed by atoms with Crippen LogP contribution in [-0.4, -0.2) is 4.57 Å². The summed E-state index contributed by atoms with van der Waals surface area (Å²) in [6.45, 7) is 7.40. The minimum atomic E-state index is 0.575. The number of furan rings is 2. The van der Waals surface area contributed by atoms with E-state index in [2.05, 4.69) is 76.1 Å². The van der Waals surface area contributed by atoms with Gasteiger partial charge in [0.15, 0.2) is 5.69 Å². The average molecular weight is 550 g/mol. The molecule has 0 aliphatic carbocycles. The van der Waals surface area contributed by atoms with Crippen LogP contribution in [0.5, 0.6) is 0 Å². The molecule has 0 radical (unpaired) electrons. The third-order valence-electron chi connectivity index (χ3n) is 8.43. The molecule has 0 fully saturated rings. The van der Waals surface area contributed by atoms with Crippen molar-refractivity contribution in [2.75, 3.05) is 0 Å². The highest BCUT2D eigenvalue weighted by Crippen LogP contribution is 2.41. The molecule has 0 N–H and O–H groups in total. The quantitative estimate of drug-likeness (QED) is 0.202. The van der Waals surface area contributed by atoms with E-state index in [4.69, 9.17) is 15.4 Å². The summed E-state index contributed by atoms with van der Waals surface area (Å²) < 4.78 is 14.8. The molecular weight excluding hydrogens is 530 g/mol. The Labute approximate surface area is 244 Å². The van der Waals surface area contributed by atoms with Crippen LogP contribution >= 0.6 is 0 Å². The van der Waals surface area contributed by atoms with Crippen molar-refractivity contribution in [3.05, 3.63) is 132 Å². The predicted octanol–water partition coefficient (Wildman–Crippen LogP) is 10.7. The van der Waals surface area contributed by atoms with Crippen LogP contribution in [0.2, 0.25) is 0 Å². The zero-order valence-electron chi connectivity index (χ0n) is 22.6. The Morgan fingerprint density at radius 3 is 1.84 bits per heavy atom. The normalized spacial score (nSPS) is 11.7. The summed E-state index contributed by atoms with van der Waals surface area (Å²) >= 11 is 0. The summed E-state index contributed by atoms with van der Waals surface area (Å²) in [6.07, 6.45) is 0. The van der Waals surface area contributed by atoms with Gasteiger partial charge in [-0.15, -0.1) is 0 Å². The van der Waals surface area contributed by atoms with E-state index in [0.717, 1.165) is 71.7 Å². The Morgan fingerprint density at radius 2 is 1.19 bits per heavy atom. The van der Waals surface area contributed by atoms with Crippen molar-refractivity contribution >= 4 is 71.4 Å². The van der Waals surface area contributed by atoms with Gasteiger partial charge >= 0.3 is 0 Å². The number of aromatic nitrogens is 1. The Hall–Kier alpha value is -6.30. The first kappa shape index (κ1) is 23.4. The summed E-state index contributed by atoms with van der Waals surface area (Å²) in [4.78, 5) is 3.58. The smallest absolute Gasteiger partial charge is 0.188 e. The van der Waals surface area contributed by atoms with E-state index in [-0.39, 0.29) is 0 Å². The van der Waals surface area contributed by atoms with Crippen molar-refractivity contribution in [2.24, 2.45) is 0 Å². The van der Waals surface area contributed by atoms with Crippen molar-refractivity contribution in [2.45, 2.75) is 0 Å². The number of benzene rings is 6. The maximum Gasteiger partial charge on any atom is 0.188 e. The Balaban J connectivity index is 1.30. The molecule has 5 heteroatoms. The zero-order chi connectivity index (χ0) is 28.7. The van der Waals surface area contributed by atoms with E-state index >= 15 is 0 Å². The maximum atomic E-state index is 9.85. The lowest BCUT2D eigenvalue weighted by Gasteiger charge is -2.15.